The molecule has 1 aromatic carbocycles. The molecule has 6 heteroatoms. The number of nitrogen functional groups attached to an aromatic ring is 1. The van der Waals surface area contributed by atoms with Gasteiger partial charge in [-0.2, -0.15) is 0 Å². The topological polar surface area (TPSA) is 81.6 Å². The number of ether oxygens (including phenoxy) is 1. The van der Waals surface area contributed by atoms with Crippen LogP contribution in [0.1, 0.15) is 12.8 Å². The van der Waals surface area contributed by atoms with Gasteiger partial charge in [-0.3, -0.25) is 10.1 Å². The van der Waals surface area contributed by atoms with Crippen LogP contribution in [0.2, 0.25) is 0 Å². The number of hydrogen-bond donors (Lipinski definition) is 1. The lowest BCUT2D eigenvalue weighted by atomic mass is 10.1. The largest absolute Gasteiger partial charge is 0.393 e. The fraction of sp³-hybridized carbons (Fsp3) is 0.500. The van der Waals surface area contributed by atoms with E-state index in [1.807, 2.05) is 7.05 Å². The van der Waals surface area contributed by atoms with E-state index in [-0.39, 0.29) is 11.4 Å². The van der Waals surface area contributed by atoms with Gasteiger partial charge in [-0.15, -0.1) is 0 Å². The van der Waals surface area contributed by atoms with Crippen molar-refractivity contribution in [2.75, 3.05) is 30.9 Å². The molecule has 98 valence electrons. The summed E-state index contributed by atoms with van der Waals surface area (Å²) in [7, 11) is 1.98. The first-order valence-corrected chi connectivity index (χ1v) is 5.94. The molecule has 0 bridgehead atoms. The Bertz CT molecular complexity index is 444. The first kappa shape index (κ1) is 12.6. The lowest BCUT2D eigenvalue weighted by Crippen LogP contribution is -2.36. The molecule has 6 nitrogen and oxygen atoms in total. The number of anilines is 2. The highest BCUT2D eigenvalue weighted by molar-refractivity contribution is 5.66. The molecule has 1 aromatic rings. The van der Waals surface area contributed by atoms with Crippen LogP contribution in [0.4, 0.5) is 17.1 Å². The van der Waals surface area contributed by atoms with Crippen LogP contribution in [0.5, 0.6) is 0 Å². The van der Waals surface area contributed by atoms with E-state index in [2.05, 4.69) is 4.90 Å². The van der Waals surface area contributed by atoms with Crippen LogP contribution in [-0.4, -0.2) is 31.2 Å². The maximum Gasteiger partial charge on any atom is 0.292 e. The van der Waals surface area contributed by atoms with Crippen LogP contribution in [-0.2, 0) is 4.74 Å². The molecule has 0 saturated carbocycles. The normalized spacial score (nSPS) is 16.5. The van der Waals surface area contributed by atoms with Crippen molar-refractivity contribution < 1.29 is 9.66 Å². The number of benzene rings is 1. The zero-order chi connectivity index (χ0) is 13.1. The molecule has 0 spiro atoms. The molecule has 0 radical (unpaired) electrons. The third-order valence-corrected chi connectivity index (χ3v) is 3.35. The third-order valence-electron chi connectivity index (χ3n) is 3.35. The molecule has 0 atom stereocenters. The molecule has 1 fully saturated rings. The van der Waals surface area contributed by atoms with Crippen molar-refractivity contribution in [2.45, 2.75) is 18.9 Å². The molecule has 1 heterocycles. The van der Waals surface area contributed by atoms with Gasteiger partial charge in [-0.05, 0) is 25.0 Å². The Morgan fingerprint density at radius 3 is 2.67 bits per heavy atom. The Balaban J connectivity index is 2.17. The molecule has 1 saturated heterocycles. The van der Waals surface area contributed by atoms with Gasteiger partial charge in [-0.25, -0.2) is 0 Å². The standard InChI is InChI=1S/C12H17N3O3/c1-14(9-4-6-18-7-5-9)10-2-3-12(15(16)17)11(13)8-10/h2-3,8-9H,4-7,13H2,1H3. The quantitative estimate of drug-likeness (QED) is 0.503. The first-order valence-electron chi connectivity index (χ1n) is 5.94. The summed E-state index contributed by atoms with van der Waals surface area (Å²) >= 11 is 0. The van der Waals surface area contributed by atoms with Crippen LogP contribution in [0.3, 0.4) is 0 Å². The number of nitro groups is 1. The number of hydrogen-bond acceptors (Lipinski definition) is 5. The molecule has 2 N–H and O–H groups in total. The predicted molar refractivity (Wildman–Crippen MR) is 69.8 cm³/mol. The predicted octanol–water partition coefficient (Wildman–Crippen LogP) is 1.79. The second kappa shape index (κ2) is 5.22. The van der Waals surface area contributed by atoms with Crippen molar-refractivity contribution in [3.8, 4) is 0 Å². The Hall–Kier alpha value is -1.82. The smallest absolute Gasteiger partial charge is 0.292 e. The summed E-state index contributed by atoms with van der Waals surface area (Å²) in [5, 5.41) is 10.7. The molecular formula is C12H17N3O3. The SMILES string of the molecule is CN(c1ccc([N+](=O)[O-])c(N)c1)C1CCOCC1. The van der Waals surface area contributed by atoms with Crippen molar-refractivity contribution >= 4 is 17.1 Å². The van der Waals surface area contributed by atoms with E-state index < -0.39 is 4.92 Å². The van der Waals surface area contributed by atoms with Crippen molar-refractivity contribution in [3.05, 3.63) is 28.3 Å². The summed E-state index contributed by atoms with van der Waals surface area (Å²) in [6.45, 7) is 1.52. The Morgan fingerprint density at radius 2 is 2.11 bits per heavy atom. The first-order chi connectivity index (χ1) is 8.59. The molecule has 0 amide bonds. The molecule has 1 aliphatic rings. The van der Waals surface area contributed by atoms with Crippen molar-refractivity contribution in [1.29, 1.82) is 0 Å². The second-order valence-electron chi connectivity index (χ2n) is 4.45. The van der Waals surface area contributed by atoms with Crippen molar-refractivity contribution in [2.24, 2.45) is 0 Å². The van der Waals surface area contributed by atoms with Crippen LogP contribution in [0, 0.1) is 10.1 Å². The van der Waals surface area contributed by atoms with E-state index in [0.29, 0.717) is 6.04 Å². The number of nitro benzene ring substituents is 1. The van der Waals surface area contributed by atoms with E-state index in [9.17, 15) is 10.1 Å². The summed E-state index contributed by atoms with van der Waals surface area (Å²) in [5.74, 6) is 0. The monoisotopic (exact) mass is 251 g/mol. The van der Waals surface area contributed by atoms with Gasteiger partial charge >= 0.3 is 0 Å². The molecule has 0 aliphatic carbocycles. The summed E-state index contributed by atoms with van der Waals surface area (Å²) in [6.07, 6.45) is 1.93. The van der Waals surface area contributed by atoms with Crippen LogP contribution < -0.4 is 10.6 Å². The third kappa shape index (κ3) is 2.53. The number of nitrogens with two attached hydrogens (primary N) is 1. The average molecular weight is 251 g/mol. The maximum absolute atomic E-state index is 10.7. The fourth-order valence-corrected chi connectivity index (χ4v) is 2.21. The number of nitrogens with zero attached hydrogens (tertiary/aromatic N) is 2. The van der Waals surface area contributed by atoms with E-state index in [0.717, 1.165) is 31.7 Å². The second-order valence-corrected chi connectivity index (χ2v) is 4.45. The van der Waals surface area contributed by atoms with Gasteiger partial charge < -0.3 is 15.4 Å². The summed E-state index contributed by atoms with van der Waals surface area (Å²) in [6, 6.07) is 5.26. The highest BCUT2D eigenvalue weighted by Gasteiger charge is 2.20. The minimum absolute atomic E-state index is 0.0425. The minimum Gasteiger partial charge on any atom is -0.393 e. The van der Waals surface area contributed by atoms with Gasteiger partial charge in [0.1, 0.15) is 5.69 Å². The Kier molecular flexibility index (Phi) is 3.66. The van der Waals surface area contributed by atoms with E-state index in [1.165, 1.54) is 6.07 Å². The number of rotatable bonds is 3. The van der Waals surface area contributed by atoms with Crippen LogP contribution >= 0.6 is 0 Å². The van der Waals surface area contributed by atoms with E-state index >= 15 is 0 Å². The molecule has 0 aromatic heterocycles. The molecule has 1 aliphatic heterocycles. The van der Waals surface area contributed by atoms with Gasteiger partial charge in [-0.1, -0.05) is 0 Å². The summed E-state index contributed by atoms with van der Waals surface area (Å²) < 4.78 is 5.32. The van der Waals surface area contributed by atoms with Gasteiger partial charge in [0.2, 0.25) is 0 Å². The zero-order valence-electron chi connectivity index (χ0n) is 10.3. The molecule has 0 unspecified atom stereocenters. The summed E-state index contributed by atoms with van der Waals surface area (Å²) in [5.41, 5.74) is 6.77. The lowest BCUT2D eigenvalue weighted by molar-refractivity contribution is -0.383. The Labute approximate surface area is 105 Å². The fourth-order valence-electron chi connectivity index (χ4n) is 2.21. The van der Waals surface area contributed by atoms with Crippen LogP contribution in [0.15, 0.2) is 18.2 Å². The average Bonchev–Trinajstić information content (AvgIpc) is 2.38. The summed E-state index contributed by atoms with van der Waals surface area (Å²) in [4.78, 5) is 12.3. The van der Waals surface area contributed by atoms with Gasteiger partial charge in [0.05, 0.1) is 4.92 Å². The lowest BCUT2D eigenvalue weighted by Gasteiger charge is -2.33. The Morgan fingerprint density at radius 1 is 1.44 bits per heavy atom. The highest BCUT2D eigenvalue weighted by Crippen LogP contribution is 2.28. The minimum atomic E-state index is -0.465. The van der Waals surface area contributed by atoms with Crippen molar-refractivity contribution in [3.63, 3.8) is 0 Å². The maximum atomic E-state index is 10.7. The zero-order valence-corrected chi connectivity index (χ0v) is 10.3. The molecular weight excluding hydrogens is 234 g/mol. The van der Waals surface area contributed by atoms with E-state index in [1.54, 1.807) is 12.1 Å². The van der Waals surface area contributed by atoms with Gasteiger partial charge in [0.15, 0.2) is 0 Å². The van der Waals surface area contributed by atoms with Gasteiger partial charge in [0.25, 0.3) is 5.69 Å². The molecule has 2 rings (SSSR count). The van der Waals surface area contributed by atoms with Gasteiger partial charge in [0, 0.05) is 38.1 Å². The van der Waals surface area contributed by atoms with Crippen molar-refractivity contribution in [1.82, 2.24) is 0 Å². The van der Waals surface area contributed by atoms with Crippen LogP contribution in [0.25, 0.3) is 0 Å². The molecule has 18 heavy (non-hydrogen) atoms. The highest BCUT2D eigenvalue weighted by atomic mass is 16.6. The van der Waals surface area contributed by atoms with E-state index in [4.69, 9.17) is 10.5 Å².